The van der Waals surface area contributed by atoms with Crippen LogP contribution >= 0.6 is 0 Å². The number of para-hydroxylation sites is 1. The average Bonchev–Trinajstić information content (AvgIpc) is 3.03. The van der Waals surface area contributed by atoms with E-state index in [4.69, 9.17) is 4.74 Å². The van der Waals surface area contributed by atoms with Gasteiger partial charge in [0.1, 0.15) is 12.4 Å². The zero-order valence-corrected chi connectivity index (χ0v) is 15.2. The molecule has 1 aliphatic heterocycles. The Morgan fingerprint density at radius 1 is 1.19 bits per heavy atom. The number of pyridine rings is 1. The number of amides is 1. The van der Waals surface area contributed by atoms with Crippen molar-refractivity contribution < 1.29 is 9.53 Å². The summed E-state index contributed by atoms with van der Waals surface area (Å²) in [4.78, 5) is 27.2. The lowest BCUT2D eigenvalue weighted by Crippen LogP contribution is -2.40. The van der Waals surface area contributed by atoms with Crippen LogP contribution in [0.2, 0.25) is 0 Å². The van der Waals surface area contributed by atoms with E-state index in [0.29, 0.717) is 24.4 Å². The maximum atomic E-state index is 13.2. The van der Waals surface area contributed by atoms with Gasteiger partial charge in [0.25, 0.3) is 11.5 Å². The number of ether oxygens (including phenoxy) is 1. The number of benzene rings is 1. The molecule has 7 heteroatoms. The molecule has 0 N–H and O–H groups in total. The lowest BCUT2D eigenvalue weighted by Gasteiger charge is -2.26. The minimum Gasteiger partial charge on any atom is -0.491 e. The third kappa shape index (κ3) is 3.23. The van der Waals surface area contributed by atoms with Gasteiger partial charge >= 0.3 is 0 Å². The van der Waals surface area contributed by atoms with Gasteiger partial charge in [-0.3, -0.25) is 18.8 Å². The summed E-state index contributed by atoms with van der Waals surface area (Å²) in [6.07, 6.45) is 4.90. The van der Waals surface area contributed by atoms with Crippen LogP contribution in [-0.2, 0) is 13.6 Å². The zero-order valence-electron chi connectivity index (χ0n) is 15.2. The van der Waals surface area contributed by atoms with E-state index in [9.17, 15) is 9.59 Å². The fourth-order valence-corrected chi connectivity index (χ4v) is 3.20. The quantitative estimate of drug-likeness (QED) is 0.697. The van der Waals surface area contributed by atoms with Crippen molar-refractivity contribution >= 4 is 5.91 Å². The summed E-state index contributed by atoms with van der Waals surface area (Å²) < 4.78 is 8.88. The second-order valence-electron chi connectivity index (χ2n) is 6.70. The first-order valence-electron chi connectivity index (χ1n) is 8.76. The number of aromatic nitrogens is 3. The van der Waals surface area contributed by atoms with E-state index in [0.717, 1.165) is 11.3 Å². The second-order valence-corrected chi connectivity index (χ2v) is 6.70. The highest BCUT2D eigenvalue weighted by atomic mass is 16.5. The number of carbonyl (C=O) groups excluding carboxylic acids is 1. The van der Waals surface area contributed by atoms with Crippen molar-refractivity contribution in [3.05, 3.63) is 76.5 Å². The summed E-state index contributed by atoms with van der Waals surface area (Å²) in [6.45, 7) is 2.84. The molecule has 0 radical (unpaired) electrons. The molecule has 0 saturated heterocycles. The molecule has 0 saturated carbocycles. The van der Waals surface area contributed by atoms with E-state index in [1.807, 2.05) is 31.2 Å². The molecule has 1 aliphatic rings. The smallest absolute Gasteiger partial charge is 0.256 e. The predicted octanol–water partition coefficient (Wildman–Crippen LogP) is 1.99. The minimum absolute atomic E-state index is 0.0938. The molecule has 1 aromatic carbocycles. The maximum absolute atomic E-state index is 13.2. The van der Waals surface area contributed by atoms with Crippen molar-refractivity contribution in [2.45, 2.75) is 19.5 Å². The molecule has 1 atom stereocenters. The highest BCUT2D eigenvalue weighted by molar-refractivity contribution is 5.94. The molecule has 0 aliphatic carbocycles. The van der Waals surface area contributed by atoms with Crippen LogP contribution in [0.4, 0.5) is 0 Å². The van der Waals surface area contributed by atoms with Crippen LogP contribution in [0, 0.1) is 0 Å². The number of carbonyl (C=O) groups is 1. The van der Waals surface area contributed by atoms with Crippen molar-refractivity contribution in [1.29, 1.82) is 0 Å². The molecule has 1 unspecified atom stereocenters. The van der Waals surface area contributed by atoms with Crippen LogP contribution in [0.25, 0.3) is 5.69 Å². The van der Waals surface area contributed by atoms with Crippen molar-refractivity contribution in [3.8, 4) is 11.4 Å². The molecule has 7 nitrogen and oxygen atoms in total. The summed E-state index contributed by atoms with van der Waals surface area (Å²) in [7, 11) is 1.78. The van der Waals surface area contributed by atoms with Gasteiger partial charge in [0.05, 0.1) is 30.0 Å². The van der Waals surface area contributed by atoms with E-state index in [1.165, 1.54) is 10.6 Å². The molecule has 4 rings (SSSR count). The summed E-state index contributed by atoms with van der Waals surface area (Å²) >= 11 is 0. The van der Waals surface area contributed by atoms with Crippen molar-refractivity contribution in [2.24, 2.45) is 7.05 Å². The van der Waals surface area contributed by atoms with Gasteiger partial charge in [-0.15, -0.1) is 0 Å². The van der Waals surface area contributed by atoms with Gasteiger partial charge in [-0.05, 0) is 19.1 Å². The summed E-state index contributed by atoms with van der Waals surface area (Å²) in [5, 5.41) is 4.09. The molecule has 2 aromatic heterocycles. The molecule has 0 bridgehead atoms. The lowest BCUT2D eigenvalue weighted by molar-refractivity contribution is 0.0644. The Balaban J connectivity index is 1.69. The number of hydrogen-bond donors (Lipinski definition) is 0. The molecule has 27 heavy (non-hydrogen) atoms. The van der Waals surface area contributed by atoms with E-state index in [2.05, 4.69) is 5.10 Å². The first-order chi connectivity index (χ1) is 13.0. The fourth-order valence-electron chi connectivity index (χ4n) is 3.20. The molecular formula is C20H20N4O3. The highest BCUT2D eigenvalue weighted by Crippen LogP contribution is 2.25. The van der Waals surface area contributed by atoms with Gasteiger partial charge in [0, 0.05) is 31.1 Å². The van der Waals surface area contributed by atoms with Crippen LogP contribution in [0.3, 0.4) is 0 Å². The van der Waals surface area contributed by atoms with Crippen molar-refractivity contribution in [3.63, 3.8) is 0 Å². The third-order valence-corrected chi connectivity index (χ3v) is 4.71. The Labute approximate surface area is 156 Å². The van der Waals surface area contributed by atoms with Crippen LogP contribution < -0.4 is 10.3 Å². The van der Waals surface area contributed by atoms with Gasteiger partial charge in [-0.2, -0.15) is 5.10 Å². The standard InChI is InChI=1S/C20H20N4O3/c1-14-13-27-18-6-4-3-5-15(18)10-23(14)20(26)16-7-8-19(25)24(11-16)17-9-21-22(2)12-17/h3-9,11-12,14H,10,13H2,1-2H3. The second kappa shape index (κ2) is 6.75. The Hall–Kier alpha value is -3.35. The van der Waals surface area contributed by atoms with Crippen molar-refractivity contribution in [2.75, 3.05) is 6.61 Å². The molecule has 0 spiro atoms. The minimum atomic E-state index is -0.211. The molecule has 0 fully saturated rings. The molecule has 1 amide bonds. The Kier molecular flexibility index (Phi) is 4.27. The highest BCUT2D eigenvalue weighted by Gasteiger charge is 2.26. The first-order valence-corrected chi connectivity index (χ1v) is 8.76. The largest absolute Gasteiger partial charge is 0.491 e. The van der Waals surface area contributed by atoms with Gasteiger partial charge in [0.2, 0.25) is 0 Å². The summed E-state index contributed by atoms with van der Waals surface area (Å²) in [5.74, 6) is 0.667. The SMILES string of the molecule is CC1COc2ccccc2CN1C(=O)c1ccc(=O)n(-c2cnn(C)c2)c1. The lowest BCUT2D eigenvalue weighted by atomic mass is 10.1. The molecule has 3 aromatic rings. The fraction of sp³-hybridized carbons (Fsp3) is 0.250. The van der Waals surface area contributed by atoms with E-state index in [-0.39, 0.29) is 17.5 Å². The van der Waals surface area contributed by atoms with Gasteiger partial charge in [0.15, 0.2) is 0 Å². The number of rotatable bonds is 2. The Morgan fingerprint density at radius 3 is 2.78 bits per heavy atom. The van der Waals surface area contributed by atoms with E-state index in [1.54, 1.807) is 41.3 Å². The van der Waals surface area contributed by atoms with Gasteiger partial charge < -0.3 is 9.64 Å². The summed E-state index contributed by atoms with van der Waals surface area (Å²) in [5.41, 5.74) is 1.83. The van der Waals surface area contributed by atoms with Gasteiger partial charge in [-0.1, -0.05) is 18.2 Å². The third-order valence-electron chi connectivity index (χ3n) is 4.71. The zero-order chi connectivity index (χ0) is 19.0. The molecule has 138 valence electrons. The van der Waals surface area contributed by atoms with Crippen LogP contribution in [-0.4, -0.2) is 37.8 Å². The topological polar surface area (TPSA) is 69.4 Å². The number of hydrogen-bond acceptors (Lipinski definition) is 4. The van der Waals surface area contributed by atoms with Crippen molar-refractivity contribution in [1.82, 2.24) is 19.2 Å². The molecular weight excluding hydrogens is 344 g/mol. The average molecular weight is 364 g/mol. The number of aryl methyl sites for hydroxylation is 1. The van der Waals surface area contributed by atoms with Crippen LogP contribution in [0.5, 0.6) is 5.75 Å². The normalized spacial score (nSPS) is 16.4. The predicted molar refractivity (Wildman–Crippen MR) is 100 cm³/mol. The van der Waals surface area contributed by atoms with Gasteiger partial charge in [-0.25, -0.2) is 0 Å². The van der Waals surface area contributed by atoms with Crippen LogP contribution in [0.15, 0.2) is 59.8 Å². The maximum Gasteiger partial charge on any atom is 0.256 e. The first kappa shape index (κ1) is 17.1. The summed E-state index contributed by atoms with van der Waals surface area (Å²) in [6, 6.07) is 10.6. The Morgan fingerprint density at radius 2 is 2.00 bits per heavy atom. The molecule has 3 heterocycles. The monoisotopic (exact) mass is 364 g/mol. The van der Waals surface area contributed by atoms with Crippen LogP contribution in [0.1, 0.15) is 22.8 Å². The number of nitrogens with zero attached hydrogens (tertiary/aromatic N) is 4. The van der Waals surface area contributed by atoms with E-state index >= 15 is 0 Å². The Bertz CT molecular complexity index is 1050. The van der Waals surface area contributed by atoms with E-state index < -0.39 is 0 Å². The number of fused-ring (bicyclic) bond motifs is 1.